The quantitative estimate of drug-likeness (QED) is 0.906. The third-order valence-corrected chi connectivity index (χ3v) is 5.03. The van der Waals surface area contributed by atoms with Crippen LogP contribution in [0.3, 0.4) is 0 Å². The third kappa shape index (κ3) is 2.52. The maximum atomic E-state index is 12.5. The molecule has 0 spiro atoms. The van der Waals surface area contributed by atoms with E-state index in [1.165, 1.54) is 0 Å². The predicted octanol–water partition coefficient (Wildman–Crippen LogP) is 2.69. The lowest BCUT2D eigenvalue weighted by atomic mass is 9.82. The van der Waals surface area contributed by atoms with Crippen molar-refractivity contribution >= 4 is 23.2 Å². The van der Waals surface area contributed by atoms with E-state index in [9.17, 15) is 14.7 Å². The van der Waals surface area contributed by atoms with Crippen molar-refractivity contribution in [2.75, 3.05) is 13.1 Å². The van der Waals surface area contributed by atoms with Gasteiger partial charge in [-0.2, -0.15) is 0 Å². The number of aryl methyl sites for hydroxylation is 1. The number of rotatable bonds is 2. The summed E-state index contributed by atoms with van der Waals surface area (Å²) in [7, 11) is 0. The lowest BCUT2D eigenvalue weighted by molar-refractivity contribution is -0.150. The van der Waals surface area contributed by atoms with Crippen molar-refractivity contribution in [3.05, 3.63) is 21.4 Å². The second kappa shape index (κ2) is 4.96. The molecule has 2 rings (SSSR count). The van der Waals surface area contributed by atoms with Gasteiger partial charge in [-0.15, -0.1) is 11.3 Å². The molecule has 1 unspecified atom stereocenters. The number of carbonyl (C=O) groups excluding carboxylic acids is 1. The molecule has 0 saturated carbocycles. The van der Waals surface area contributed by atoms with Gasteiger partial charge >= 0.3 is 5.97 Å². The lowest BCUT2D eigenvalue weighted by Gasteiger charge is -2.37. The van der Waals surface area contributed by atoms with Crippen molar-refractivity contribution in [2.45, 2.75) is 33.6 Å². The van der Waals surface area contributed by atoms with E-state index in [1.54, 1.807) is 23.2 Å². The van der Waals surface area contributed by atoms with Gasteiger partial charge in [0.2, 0.25) is 0 Å². The van der Waals surface area contributed by atoms with Gasteiger partial charge in [0.15, 0.2) is 0 Å². The van der Waals surface area contributed by atoms with Crippen molar-refractivity contribution in [3.8, 4) is 0 Å². The first kappa shape index (κ1) is 14.1. The Bertz CT molecular complexity index is 523. The highest BCUT2D eigenvalue weighted by Gasteiger charge is 2.39. The Labute approximate surface area is 117 Å². The van der Waals surface area contributed by atoms with Crippen LogP contribution in [0.4, 0.5) is 0 Å². The first-order valence-electron chi connectivity index (χ1n) is 6.42. The molecule has 1 aromatic heterocycles. The Hall–Kier alpha value is -1.36. The van der Waals surface area contributed by atoms with Crippen LogP contribution in [0.25, 0.3) is 0 Å². The van der Waals surface area contributed by atoms with E-state index in [0.717, 1.165) is 22.4 Å². The largest absolute Gasteiger partial charge is 0.481 e. The number of thiophene rings is 1. The zero-order valence-corrected chi connectivity index (χ0v) is 12.3. The Kier molecular flexibility index (Phi) is 3.67. The molecule has 0 radical (unpaired) electrons. The smallest absolute Gasteiger partial charge is 0.311 e. The van der Waals surface area contributed by atoms with Crippen LogP contribution < -0.4 is 0 Å². The molecule has 1 amide bonds. The number of hydrogen-bond donors (Lipinski definition) is 1. The summed E-state index contributed by atoms with van der Waals surface area (Å²) in [5.41, 5.74) is 0.919. The molecule has 0 aromatic carbocycles. The molecule has 5 heteroatoms. The zero-order chi connectivity index (χ0) is 14.2. The fourth-order valence-corrected chi connectivity index (χ4v) is 3.34. The van der Waals surface area contributed by atoms with E-state index >= 15 is 0 Å². The second-order valence-electron chi connectivity index (χ2n) is 5.53. The SMILES string of the molecule is Cc1scc(C(=O)N2CCCC(C)(C(=O)O)C2)c1C. The van der Waals surface area contributed by atoms with Gasteiger partial charge in [0.1, 0.15) is 0 Å². The molecular formula is C14H19NO3S. The van der Waals surface area contributed by atoms with Crippen molar-refractivity contribution in [2.24, 2.45) is 5.41 Å². The first-order chi connectivity index (χ1) is 8.85. The molecule has 1 aromatic rings. The number of carboxylic acid groups (broad SMARTS) is 1. The summed E-state index contributed by atoms with van der Waals surface area (Å²) in [5.74, 6) is -0.850. The maximum Gasteiger partial charge on any atom is 0.311 e. The molecule has 1 aliphatic rings. The van der Waals surface area contributed by atoms with E-state index < -0.39 is 11.4 Å². The summed E-state index contributed by atoms with van der Waals surface area (Å²) in [6.45, 7) is 6.61. The number of likely N-dealkylation sites (tertiary alicyclic amines) is 1. The maximum absolute atomic E-state index is 12.5. The molecule has 2 heterocycles. The normalized spacial score (nSPS) is 23.4. The van der Waals surface area contributed by atoms with Gasteiger partial charge in [-0.05, 0) is 39.2 Å². The van der Waals surface area contributed by atoms with Gasteiger partial charge in [-0.25, -0.2) is 0 Å². The molecule has 1 N–H and O–H groups in total. The van der Waals surface area contributed by atoms with E-state index in [0.29, 0.717) is 19.5 Å². The Morgan fingerprint density at radius 2 is 2.11 bits per heavy atom. The fraction of sp³-hybridized carbons (Fsp3) is 0.571. The van der Waals surface area contributed by atoms with Gasteiger partial charge in [-0.3, -0.25) is 9.59 Å². The summed E-state index contributed by atoms with van der Waals surface area (Å²) in [5, 5.41) is 11.2. The van der Waals surface area contributed by atoms with E-state index in [-0.39, 0.29) is 5.91 Å². The van der Waals surface area contributed by atoms with Crippen LogP contribution in [-0.4, -0.2) is 35.0 Å². The number of amides is 1. The molecule has 19 heavy (non-hydrogen) atoms. The number of nitrogens with zero attached hydrogens (tertiary/aromatic N) is 1. The summed E-state index contributed by atoms with van der Waals surface area (Å²) in [4.78, 5) is 26.6. The topological polar surface area (TPSA) is 57.6 Å². The van der Waals surface area contributed by atoms with Gasteiger partial charge in [0.05, 0.1) is 11.0 Å². The molecule has 1 aliphatic heterocycles. The Balaban J connectivity index is 2.20. The average molecular weight is 281 g/mol. The molecule has 0 aliphatic carbocycles. The number of aliphatic carboxylic acids is 1. The lowest BCUT2D eigenvalue weighted by Crippen LogP contribution is -2.48. The molecule has 1 atom stereocenters. The van der Waals surface area contributed by atoms with Gasteiger partial charge in [0.25, 0.3) is 5.91 Å². The van der Waals surface area contributed by atoms with Gasteiger partial charge in [0, 0.05) is 23.3 Å². The van der Waals surface area contributed by atoms with Crippen LogP contribution in [0.2, 0.25) is 0 Å². The summed E-state index contributed by atoms with van der Waals surface area (Å²) >= 11 is 1.57. The average Bonchev–Trinajstić information content (AvgIpc) is 2.69. The number of piperidine rings is 1. The third-order valence-electron chi connectivity index (χ3n) is 4.02. The Morgan fingerprint density at radius 3 is 2.63 bits per heavy atom. The van der Waals surface area contributed by atoms with Crippen LogP contribution in [0.15, 0.2) is 5.38 Å². The first-order valence-corrected chi connectivity index (χ1v) is 7.30. The minimum absolute atomic E-state index is 0.0333. The monoisotopic (exact) mass is 281 g/mol. The molecule has 1 fully saturated rings. The van der Waals surface area contributed by atoms with Crippen molar-refractivity contribution in [1.29, 1.82) is 0 Å². The van der Waals surface area contributed by atoms with Crippen molar-refractivity contribution in [1.82, 2.24) is 4.90 Å². The minimum atomic E-state index is -0.816. The van der Waals surface area contributed by atoms with Crippen LogP contribution in [0, 0.1) is 19.3 Å². The molecular weight excluding hydrogens is 262 g/mol. The summed E-state index contributed by atoms with van der Waals surface area (Å²) < 4.78 is 0. The summed E-state index contributed by atoms with van der Waals surface area (Å²) in [6.07, 6.45) is 1.38. The standard InChI is InChI=1S/C14H19NO3S/c1-9-10(2)19-7-11(9)12(16)15-6-4-5-14(3,8-15)13(17)18/h7H,4-6,8H2,1-3H3,(H,17,18). The molecule has 4 nitrogen and oxygen atoms in total. The van der Waals surface area contributed by atoms with E-state index in [4.69, 9.17) is 0 Å². The highest BCUT2D eigenvalue weighted by atomic mass is 32.1. The molecule has 104 valence electrons. The number of hydrogen-bond acceptors (Lipinski definition) is 3. The minimum Gasteiger partial charge on any atom is -0.481 e. The number of carbonyl (C=O) groups is 2. The van der Waals surface area contributed by atoms with Crippen molar-refractivity contribution in [3.63, 3.8) is 0 Å². The van der Waals surface area contributed by atoms with Gasteiger partial charge in [-0.1, -0.05) is 0 Å². The van der Waals surface area contributed by atoms with Crippen LogP contribution in [0.5, 0.6) is 0 Å². The Morgan fingerprint density at radius 1 is 1.42 bits per heavy atom. The van der Waals surface area contributed by atoms with E-state index in [2.05, 4.69) is 0 Å². The highest BCUT2D eigenvalue weighted by Crippen LogP contribution is 2.31. The summed E-state index contributed by atoms with van der Waals surface area (Å²) in [6, 6.07) is 0. The van der Waals surface area contributed by atoms with Crippen LogP contribution in [0.1, 0.15) is 40.6 Å². The fourth-order valence-electron chi connectivity index (χ4n) is 2.48. The predicted molar refractivity (Wildman–Crippen MR) is 74.7 cm³/mol. The van der Waals surface area contributed by atoms with Crippen LogP contribution >= 0.6 is 11.3 Å². The number of carboxylic acids is 1. The second-order valence-corrected chi connectivity index (χ2v) is 6.61. The van der Waals surface area contributed by atoms with E-state index in [1.807, 2.05) is 19.2 Å². The van der Waals surface area contributed by atoms with Crippen LogP contribution in [-0.2, 0) is 4.79 Å². The van der Waals surface area contributed by atoms with Gasteiger partial charge < -0.3 is 10.0 Å². The highest BCUT2D eigenvalue weighted by molar-refractivity contribution is 7.10. The zero-order valence-electron chi connectivity index (χ0n) is 11.5. The van der Waals surface area contributed by atoms with Crippen molar-refractivity contribution < 1.29 is 14.7 Å². The molecule has 0 bridgehead atoms. The molecule has 1 saturated heterocycles.